The lowest BCUT2D eigenvalue weighted by Crippen LogP contribution is -2.25. The van der Waals surface area contributed by atoms with Gasteiger partial charge in [0, 0.05) is 19.2 Å². The van der Waals surface area contributed by atoms with Crippen LogP contribution in [0, 0.1) is 10.1 Å². The van der Waals surface area contributed by atoms with Crippen LogP contribution >= 0.6 is 0 Å². The van der Waals surface area contributed by atoms with E-state index in [1.165, 1.54) is 23.7 Å². The van der Waals surface area contributed by atoms with Crippen LogP contribution in [0.1, 0.15) is 21.6 Å². The lowest BCUT2D eigenvalue weighted by atomic mass is 10.1. The van der Waals surface area contributed by atoms with Crippen LogP contribution in [0.2, 0.25) is 0 Å². The van der Waals surface area contributed by atoms with Gasteiger partial charge in [0.15, 0.2) is 5.69 Å². The van der Waals surface area contributed by atoms with Crippen molar-refractivity contribution >= 4 is 11.7 Å². The number of nitrogens with two attached hydrogens (primary N) is 1. The van der Waals surface area contributed by atoms with Gasteiger partial charge < -0.3 is 21.2 Å². The molecule has 1 aromatic carbocycles. The van der Waals surface area contributed by atoms with E-state index in [1.54, 1.807) is 0 Å². The van der Waals surface area contributed by atoms with Crippen molar-refractivity contribution in [2.24, 2.45) is 12.8 Å². The van der Waals surface area contributed by atoms with Crippen molar-refractivity contribution in [1.82, 2.24) is 9.88 Å². The van der Waals surface area contributed by atoms with Crippen LogP contribution < -0.4 is 11.1 Å². The van der Waals surface area contributed by atoms with Crippen LogP contribution in [0.3, 0.4) is 0 Å². The van der Waals surface area contributed by atoms with Crippen molar-refractivity contribution in [3.63, 3.8) is 0 Å². The fourth-order valence-electron chi connectivity index (χ4n) is 2.11. The fourth-order valence-corrected chi connectivity index (χ4v) is 2.11. The number of carbonyl (C=O) groups is 1. The molecule has 0 bridgehead atoms. The van der Waals surface area contributed by atoms with Crippen molar-refractivity contribution in [2.75, 3.05) is 0 Å². The molecular weight excluding hydrogens is 272 g/mol. The van der Waals surface area contributed by atoms with Crippen LogP contribution in [0.15, 0.2) is 36.4 Å². The minimum atomic E-state index is -0.527. The zero-order chi connectivity index (χ0) is 15.4. The predicted molar refractivity (Wildman–Crippen MR) is 77.6 cm³/mol. The number of hydrogen-bond donors (Lipinski definition) is 2. The van der Waals surface area contributed by atoms with Gasteiger partial charge in [0.25, 0.3) is 5.91 Å². The van der Waals surface area contributed by atoms with E-state index < -0.39 is 4.92 Å². The molecule has 7 nitrogen and oxygen atoms in total. The number of nitrogens with zero attached hydrogens (tertiary/aromatic N) is 2. The third-order valence-corrected chi connectivity index (χ3v) is 3.29. The summed E-state index contributed by atoms with van der Waals surface area (Å²) in [6.45, 7) is 0.715. The maximum absolute atomic E-state index is 12.1. The van der Waals surface area contributed by atoms with Crippen LogP contribution in [-0.2, 0) is 20.1 Å². The highest BCUT2D eigenvalue weighted by Gasteiger charge is 2.20. The average Bonchev–Trinajstić information content (AvgIpc) is 2.87. The van der Waals surface area contributed by atoms with Crippen molar-refractivity contribution in [2.45, 2.75) is 13.1 Å². The standard InChI is InChI=1S/C14H16N4O3/c1-17-12(6-7-13(17)18(20)21)14(19)16-9-11-5-3-2-4-10(11)8-15/h2-7H,8-9,15H2,1H3,(H,16,19). The molecule has 2 rings (SSSR count). The molecule has 7 heteroatoms. The Kier molecular flexibility index (Phi) is 4.34. The third kappa shape index (κ3) is 3.09. The number of hydrogen-bond acceptors (Lipinski definition) is 4. The van der Waals surface area contributed by atoms with E-state index in [0.717, 1.165) is 11.1 Å². The Balaban J connectivity index is 2.10. The van der Waals surface area contributed by atoms with Gasteiger partial charge in [0.05, 0.1) is 7.05 Å². The van der Waals surface area contributed by atoms with Crippen LogP contribution in [-0.4, -0.2) is 15.4 Å². The van der Waals surface area contributed by atoms with E-state index >= 15 is 0 Å². The number of rotatable bonds is 5. The first kappa shape index (κ1) is 14.7. The van der Waals surface area contributed by atoms with E-state index in [1.807, 2.05) is 24.3 Å². The maximum atomic E-state index is 12.1. The Morgan fingerprint density at radius 2 is 1.95 bits per heavy atom. The Labute approximate surface area is 121 Å². The van der Waals surface area contributed by atoms with E-state index in [9.17, 15) is 14.9 Å². The lowest BCUT2D eigenvalue weighted by molar-refractivity contribution is -0.391. The molecule has 0 fully saturated rings. The van der Waals surface area contributed by atoms with Gasteiger partial charge in [-0.25, -0.2) is 4.57 Å². The molecule has 0 saturated heterocycles. The summed E-state index contributed by atoms with van der Waals surface area (Å²) in [7, 11) is 1.49. The zero-order valence-corrected chi connectivity index (χ0v) is 11.6. The van der Waals surface area contributed by atoms with Gasteiger partial charge in [-0.3, -0.25) is 4.79 Å². The summed E-state index contributed by atoms with van der Waals surface area (Å²) in [5.41, 5.74) is 7.76. The third-order valence-electron chi connectivity index (χ3n) is 3.29. The van der Waals surface area contributed by atoms with Crippen molar-refractivity contribution in [1.29, 1.82) is 0 Å². The second-order valence-corrected chi connectivity index (χ2v) is 4.55. The molecule has 1 aromatic heterocycles. The highest BCUT2D eigenvalue weighted by molar-refractivity contribution is 5.93. The molecule has 0 radical (unpaired) electrons. The molecule has 0 unspecified atom stereocenters. The van der Waals surface area contributed by atoms with Gasteiger partial charge >= 0.3 is 5.82 Å². The van der Waals surface area contributed by atoms with Crippen molar-refractivity contribution in [3.05, 3.63) is 63.3 Å². The highest BCUT2D eigenvalue weighted by Crippen LogP contribution is 2.15. The average molecular weight is 288 g/mol. The van der Waals surface area contributed by atoms with Crippen LogP contribution in [0.4, 0.5) is 5.82 Å². The largest absolute Gasteiger partial charge is 0.358 e. The van der Waals surface area contributed by atoms with Crippen molar-refractivity contribution in [3.8, 4) is 0 Å². The van der Waals surface area contributed by atoms with Gasteiger partial charge in [0.1, 0.15) is 0 Å². The Hall–Kier alpha value is -2.67. The molecule has 0 aliphatic heterocycles. The van der Waals surface area contributed by atoms with Crippen molar-refractivity contribution < 1.29 is 9.72 Å². The van der Waals surface area contributed by atoms with Gasteiger partial charge in [-0.2, -0.15) is 0 Å². The molecule has 1 heterocycles. The molecule has 0 spiro atoms. The Bertz CT molecular complexity index is 679. The maximum Gasteiger partial charge on any atom is 0.323 e. The number of benzene rings is 1. The number of nitrogens with one attached hydrogen (secondary N) is 1. The zero-order valence-electron chi connectivity index (χ0n) is 11.6. The van der Waals surface area contributed by atoms with Gasteiger partial charge in [0.2, 0.25) is 0 Å². The molecule has 1 amide bonds. The van der Waals surface area contributed by atoms with E-state index in [0.29, 0.717) is 13.1 Å². The van der Waals surface area contributed by atoms with Gasteiger partial charge in [-0.15, -0.1) is 0 Å². The van der Waals surface area contributed by atoms with Gasteiger partial charge in [-0.05, 0) is 22.1 Å². The topological polar surface area (TPSA) is 103 Å². The first-order chi connectivity index (χ1) is 10.0. The molecule has 0 aliphatic carbocycles. The number of aromatic nitrogens is 1. The summed E-state index contributed by atoms with van der Waals surface area (Å²) in [5.74, 6) is -0.486. The summed E-state index contributed by atoms with van der Waals surface area (Å²) >= 11 is 0. The highest BCUT2D eigenvalue weighted by atomic mass is 16.6. The molecule has 0 aliphatic rings. The van der Waals surface area contributed by atoms with E-state index in [4.69, 9.17) is 5.73 Å². The molecule has 21 heavy (non-hydrogen) atoms. The number of carbonyl (C=O) groups excluding carboxylic acids is 1. The molecule has 0 saturated carbocycles. The minimum Gasteiger partial charge on any atom is -0.358 e. The predicted octanol–water partition coefficient (Wildman–Crippen LogP) is 1.32. The first-order valence-electron chi connectivity index (χ1n) is 6.39. The second-order valence-electron chi connectivity index (χ2n) is 4.55. The summed E-state index contributed by atoms with van der Waals surface area (Å²) in [4.78, 5) is 22.3. The summed E-state index contributed by atoms with van der Waals surface area (Å²) in [6.07, 6.45) is 0. The Morgan fingerprint density at radius 1 is 1.29 bits per heavy atom. The van der Waals surface area contributed by atoms with E-state index in [2.05, 4.69) is 5.32 Å². The molecular formula is C14H16N4O3. The normalized spacial score (nSPS) is 10.4. The molecule has 2 aromatic rings. The van der Waals surface area contributed by atoms with Gasteiger partial charge in [-0.1, -0.05) is 24.3 Å². The molecule has 0 atom stereocenters. The Morgan fingerprint density at radius 3 is 2.52 bits per heavy atom. The number of nitro groups is 1. The minimum absolute atomic E-state index is 0.123. The van der Waals surface area contributed by atoms with Crippen LogP contribution in [0.5, 0.6) is 0 Å². The SMILES string of the molecule is Cn1c(C(=O)NCc2ccccc2CN)ccc1[N+](=O)[O-]. The summed E-state index contributed by atoms with van der Waals surface area (Å²) < 4.78 is 1.25. The summed E-state index contributed by atoms with van der Waals surface area (Å²) in [6, 6.07) is 10.3. The quantitative estimate of drug-likeness (QED) is 0.639. The molecule has 110 valence electrons. The smallest absolute Gasteiger partial charge is 0.323 e. The first-order valence-corrected chi connectivity index (χ1v) is 6.39. The second kappa shape index (κ2) is 6.19. The number of amides is 1. The molecule has 3 N–H and O–H groups in total. The fraction of sp³-hybridized carbons (Fsp3) is 0.214. The summed E-state index contributed by atoms with van der Waals surface area (Å²) in [5, 5.41) is 13.5. The lowest BCUT2D eigenvalue weighted by Gasteiger charge is -2.08. The van der Waals surface area contributed by atoms with Crippen LogP contribution in [0.25, 0.3) is 0 Å². The van der Waals surface area contributed by atoms with E-state index in [-0.39, 0.29) is 17.4 Å². The monoisotopic (exact) mass is 288 g/mol.